The minimum absolute atomic E-state index is 0.261. The molecule has 0 bridgehead atoms. The molecule has 1 aliphatic rings. The number of aromatic nitrogens is 3. The molecule has 1 aromatic rings. The number of hydrogen-bond donors (Lipinski definition) is 0. The van der Waals surface area contributed by atoms with E-state index in [1.54, 1.807) is 0 Å². The second kappa shape index (κ2) is 2.89. The smallest absolute Gasteiger partial charge is 0.225 e. The predicted octanol–water partition coefficient (Wildman–Crippen LogP) is 2.31. The molecule has 0 aromatic carbocycles. The molecule has 1 unspecified atom stereocenters. The molecule has 0 amide bonds. The number of thioether (sulfide) groups is 1. The Balaban J connectivity index is 2.36. The van der Waals surface area contributed by atoms with Gasteiger partial charge in [0.25, 0.3) is 0 Å². The lowest BCUT2D eigenvalue weighted by atomic mass is 10.0. The quantitative estimate of drug-likeness (QED) is 0.724. The molecule has 0 N–H and O–H groups in total. The Morgan fingerprint density at radius 2 is 2.23 bits per heavy atom. The topological polar surface area (TPSA) is 30.7 Å². The molecule has 1 aromatic heterocycles. The van der Waals surface area contributed by atoms with E-state index in [0.717, 1.165) is 11.6 Å². The van der Waals surface area contributed by atoms with Gasteiger partial charge >= 0.3 is 0 Å². The Labute approximate surface area is 86.9 Å². The summed E-state index contributed by atoms with van der Waals surface area (Å²) in [6, 6.07) is 0.444. The van der Waals surface area contributed by atoms with E-state index in [0.29, 0.717) is 11.3 Å². The van der Waals surface area contributed by atoms with Crippen LogP contribution < -0.4 is 0 Å². The summed E-state index contributed by atoms with van der Waals surface area (Å²) in [4.78, 5) is 0. The third-order valence-corrected chi connectivity index (χ3v) is 4.31. The lowest BCUT2D eigenvalue weighted by Gasteiger charge is -2.44. The van der Waals surface area contributed by atoms with E-state index >= 15 is 0 Å². The minimum atomic E-state index is 0.261. The molecule has 0 aliphatic carbocycles. The van der Waals surface area contributed by atoms with Crippen molar-refractivity contribution in [2.24, 2.45) is 0 Å². The molecule has 2 heterocycles. The van der Waals surface area contributed by atoms with Gasteiger partial charge in [0.1, 0.15) is 5.82 Å². The first-order valence-corrected chi connectivity index (χ1v) is 5.59. The van der Waals surface area contributed by atoms with E-state index < -0.39 is 0 Å². The highest BCUT2D eigenvalue weighted by molar-refractivity contribution is 8.02. The minimum Gasteiger partial charge on any atom is -0.297 e. The molecule has 3 nitrogen and oxygen atoms in total. The highest BCUT2D eigenvalue weighted by Crippen LogP contribution is 2.49. The van der Waals surface area contributed by atoms with Gasteiger partial charge in [-0.05, 0) is 32.4 Å². The summed E-state index contributed by atoms with van der Waals surface area (Å²) in [5.74, 6) is 2.01. The highest BCUT2D eigenvalue weighted by atomic mass is 35.5. The van der Waals surface area contributed by atoms with Crippen molar-refractivity contribution in [3.8, 4) is 0 Å². The summed E-state index contributed by atoms with van der Waals surface area (Å²) in [6.07, 6.45) is 0. The van der Waals surface area contributed by atoms with Crippen LogP contribution in [0.1, 0.15) is 25.7 Å². The Hall–Kier alpha value is -0.220. The molecule has 0 spiro atoms. The molecular formula is C8H12ClN3S. The Morgan fingerprint density at radius 3 is 2.54 bits per heavy atom. The maximum Gasteiger partial charge on any atom is 0.225 e. The molecule has 0 radical (unpaired) electrons. The monoisotopic (exact) mass is 217 g/mol. The molecule has 1 aliphatic heterocycles. The molecule has 72 valence electrons. The Bertz CT molecular complexity index is 315. The molecule has 5 heteroatoms. The zero-order valence-corrected chi connectivity index (χ0v) is 9.48. The number of halogens is 1. The lowest BCUT2D eigenvalue weighted by molar-refractivity contribution is 0.411. The highest BCUT2D eigenvalue weighted by Gasteiger charge is 2.42. The lowest BCUT2D eigenvalue weighted by Crippen LogP contribution is -2.42. The van der Waals surface area contributed by atoms with Crippen LogP contribution in [0.2, 0.25) is 5.28 Å². The van der Waals surface area contributed by atoms with Gasteiger partial charge in [-0.25, -0.2) is 0 Å². The van der Waals surface area contributed by atoms with Crippen LogP contribution in [-0.4, -0.2) is 25.3 Å². The van der Waals surface area contributed by atoms with E-state index in [1.807, 2.05) is 23.3 Å². The Morgan fingerprint density at radius 1 is 1.54 bits per heavy atom. The maximum atomic E-state index is 5.96. The van der Waals surface area contributed by atoms with Gasteiger partial charge in [-0.1, -0.05) is 0 Å². The first-order valence-electron chi connectivity index (χ1n) is 4.23. The summed E-state index contributed by atoms with van der Waals surface area (Å²) in [6.45, 7) is 6.39. The van der Waals surface area contributed by atoms with Gasteiger partial charge in [-0.15, -0.1) is 10.2 Å². The summed E-state index contributed by atoms with van der Waals surface area (Å²) >= 11 is 7.91. The molecule has 0 saturated carbocycles. The number of hydrogen-bond acceptors (Lipinski definition) is 3. The molecule has 13 heavy (non-hydrogen) atoms. The number of rotatable bonds is 1. The second-order valence-electron chi connectivity index (χ2n) is 3.82. The van der Waals surface area contributed by atoms with Crippen molar-refractivity contribution in [3.05, 3.63) is 11.1 Å². The van der Waals surface area contributed by atoms with Crippen LogP contribution in [0.4, 0.5) is 0 Å². The average Bonchev–Trinajstić information content (AvgIpc) is 2.34. The number of nitrogens with zero attached hydrogens (tertiary/aromatic N) is 3. The van der Waals surface area contributed by atoms with Crippen molar-refractivity contribution in [2.75, 3.05) is 5.75 Å². The third kappa shape index (κ3) is 1.36. The first kappa shape index (κ1) is 9.34. The molecule has 1 fully saturated rings. The van der Waals surface area contributed by atoms with Crippen LogP contribution in [0.5, 0.6) is 0 Å². The molecule has 2 rings (SSSR count). The fourth-order valence-electron chi connectivity index (χ4n) is 1.57. The standard InChI is InChI=1S/C8H12ClN3S/c1-5-10-11-7(9)12(5)6-4-13-8(6,2)3/h6H,4H2,1-3H3. The zero-order valence-electron chi connectivity index (χ0n) is 7.91. The van der Waals surface area contributed by atoms with E-state index in [1.165, 1.54) is 0 Å². The van der Waals surface area contributed by atoms with Gasteiger partial charge in [-0.2, -0.15) is 11.8 Å². The summed E-state index contributed by atoms with van der Waals surface area (Å²) in [5, 5.41) is 8.32. The maximum absolute atomic E-state index is 5.96. The SMILES string of the molecule is Cc1nnc(Cl)n1C1CSC1(C)C. The van der Waals surface area contributed by atoms with Crippen molar-refractivity contribution in [1.29, 1.82) is 0 Å². The van der Waals surface area contributed by atoms with E-state index in [4.69, 9.17) is 11.6 Å². The van der Waals surface area contributed by atoms with Crippen LogP contribution in [0.3, 0.4) is 0 Å². The summed E-state index contributed by atoms with van der Waals surface area (Å²) < 4.78 is 2.29. The van der Waals surface area contributed by atoms with E-state index in [-0.39, 0.29) is 4.75 Å². The first-order chi connectivity index (χ1) is 6.02. The summed E-state index contributed by atoms with van der Waals surface area (Å²) in [7, 11) is 0. The van der Waals surface area contributed by atoms with Gasteiger partial charge in [0.2, 0.25) is 5.28 Å². The third-order valence-electron chi connectivity index (χ3n) is 2.55. The van der Waals surface area contributed by atoms with Gasteiger partial charge in [0.15, 0.2) is 0 Å². The van der Waals surface area contributed by atoms with Crippen molar-refractivity contribution in [3.63, 3.8) is 0 Å². The predicted molar refractivity (Wildman–Crippen MR) is 55.3 cm³/mol. The van der Waals surface area contributed by atoms with Crippen LogP contribution in [-0.2, 0) is 0 Å². The van der Waals surface area contributed by atoms with Crippen molar-refractivity contribution >= 4 is 23.4 Å². The zero-order chi connectivity index (χ0) is 9.64. The van der Waals surface area contributed by atoms with Gasteiger partial charge in [0, 0.05) is 10.5 Å². The molecule has 1 saturated heterocycles. The van der Waals surface area contributed by atoms with Crippen molar-refractivity contribution in [2.45, 2.75) is 31.6 Å². The molecular weight excluding hydrogens is 206 g/mol. The fourth-order valence-corrected chi connectivity index (χ4v) is 3.09. The van der Waals surface area contributed by atoms with Crippen LogP contribution in [0.25, 0.3) is 0 Å². The number of aryl methyl sites for hydroxylation is 1. The van der Waals surface area contributed by atoms with Crippen molar-refractivity contribution < 1.29 is 0 Å². The van der Waals surface area contributed by atoms with E-state index in [9.17, 15) is 0 Å². The van der Waals surface area contributed by atoms with Gasteiger partial charge in [0.05, 0.1) is 6.04 Å². The Kier molecular flexibility index (Phi) is 2.07. The van der Waals surface area contributed by atoms with E-state index in [2.05, 4.69) is 24.0 Å². The van der Waals surface area contributed by atoms with Crippen LogP contribution in [0, 0.1) is 6.92 Å². The fraction of sp³-hybridized carbons (Fsp3) is 0.750. The van der Waals surface area contributed by atoms with Crippen LogP contribution >= 0.6 is 23.4 Å². The van der Waals surface area contributed by atoms with Gasteiger partial charge in [-0.3, -0.25) is 4.57 Å². The largest absolute Gasteiger partial charge is 0.297 e. The second-order valence-corrected chi connectivity index (χ2v) is 5.83. The van der Waals surface area contributed by atoms with Crippen molar-refractivity contribution in [1.82, 2.24) is 14.8 Å². The van der Waals surface area contributed by atoms with Crippen LogP contribution in [0.15, 0.2) is 0 Å². The summed E-state index contributed by atoms with van der Waals surface area (Å²) in [5.41, 5.74) is 0. The average molecular weight is 218 g/mol. The normalized spacial score (nSPS) is 25.7. The van der Waals surface area contributed by atoms with Gasteiger partial charge < -0.3 is 0 Å². The molecule has 1 atom stereocenters.